The van der Waals surface area contributed by atoms with Crippen molar-refractivity contribution in [2.45, 2.75) is 30.6 Å². The minimum absolute atomic E-state index is 0.768. The number of hydrogen-bond acceptors (Lipinski definition) is 2. The summed E-state index contributed by atoms with van der Waals surface area (Å²) in [4.78, 5) is 5.25. The van der Waals surface area contributed by atoms with E-state index < -0.39 is 0 Å². The summed E-state index contributed by atoms with van der Waals surface area (Å²) >= 11 is 7.21. The van der Waals surface area contributed by atoms with Gasteiger partial charge in [0, 0.05) is 34.6 Å². The number of likely N-dealkylation sites (tertiary alicyclic amines) is 1. The van der Waals surface area contributed by atoms with Crippen molar-refractivity contribution in [3.63, 3.8) is 0 Å². The summed E-state index contributed by atoms with van der Waals surface area (Å²) in [5.74, 6) is 0. The lowest BCUT2D eigenvalue weighted by molar-refractivity contribution is 0.260. The summed E-state index contributed by atoms with van der Waals surface area (Å²) in [5, 5.41) is 0.931. The molecule has 4 heteroatoms. The fourth-order valence-corrected chi connectivity index (χ4v) is 4.13. The summed E-state index contributed by atoms with van der Waals surface area (Å²) < 4.78 is 1.18. The fourth-order valence-electron chi connectivity index (χ4n) is 3.31. The Morgan fingerprint density at radius 2 is 1.95 bits per heavy atom. The van der Waals surface area contributed by atoms with E-state index >= 15 is 0 Å². The van der Waals surface area contributed by atoms with E-state index in [9.17, 15) is 0 Å². The van der Waals surface area contributed by atoms with Crippen molar-refractivity contribution in [2.24, 2.45) is 0 Å². The second-order valence-electron chi connectivity index (χ2n) is 5.54. The fraction of sp³-hybridized carbons (Fsp3) is 0.600. The second kappa shape index (κ2) is 6.15. The Bertz CT molecular complexity index is 444. The molecule has 2 fully saturated rings. The normalized spacial score (nSPS) is 24.3. The average Bonchev–Trinajstić information content (AvgIpc) is 3.09. The number of alkyl halides is 1. The van der Waals surface area contributed by atoms with Gasteiger partial charge in [0.2, 0.25) is 0 Å². The predicted molar refractivity (Wildman–Crippen MR) is 88.2 cm³/mol. The molecule has 0 aromatic heterocycles. The highest BCUT2D eigenvalue weighted by molar-refractivity contribution is 9.10. The molecule has 1 unspecified atom stereocenters. The van der Waals surface area contributed by atoms with Crippen LogP contribution in [0.25, 0.3) is 0 Å². The Kier molecular flexibility index (Phi) is 4.50. The van der Waals surface area contributed by atoms with Crippen LogP contribution in [0, 0.1) is 0 Å². The zero-order chi connectivity index (χ0) is 13.2. The molecule has 0 N–H and O–H groups in total. The van der Waals surface area contributed by atoms with Crippen molar-refractivity contribution >= 4 is 37.5 Å². The van der Waals surface area contributed by atoms with Gasteiger partial charge in [-0.25, -0.2) is 0 Å². The van der Waals surface area contributed by atoms with Crippen LogP contribution in [0.2, 0.25) is 0 Å². The van der Waals surface area contributed by atoms with Crippen molar-refractivity contribution in [2.75, 3.05) is 31.1 Å². The van der Waals surface area contributed by atoms with Crippen LogP contribution in [0.5, 0.6) is 0 Å². The van der Waals surface area contributed by atoms with Gasteiger partial charge in [-0.2, -0.15) is 0 Å². The second-order valence-corrected chi connectivity index (χ2v) is 7.01. The van der Waals surface area contributed by atoms with Gasteiger partial charge in [-0.15, -0.1) is 0 Å². The Morgan fingerprint density at radius 3 is 2.68 bits per heavy atom. The molecule has 2 saturated heterocycles. The molecule has 2 heterocycles. The van der Waals surface area contributed by atoms with Crippen LogP contribution in [0.3, 0.4) is 0 Å². The number of nitrogens with zero attached hydrogens (tertiary/aromatic N) is 2. The number of halogens is 2. The van der Waals surface area contributed by atoms with Crippen LogP contribution in [0.15, 0.2) is 22.7 Å². The summed E-state index contributed by atoms with van der Waals surface area (Å²) in [5.41, 5.74) is 2.79. The Morgan fingerprint density at radius 1 is 1.16 bits per heavy atom. The van der Waals surface area contributed by atoms with E-state index in [-0.39, 0.29) is 0 Å². The van der Waals surface area contributed by atoms with Crippen molar-refractivity contribution < 1.29 is 0 Å². The first-order chi connectivity index (χ1) is 9.28. The molecule has 0 spiro atoms. The third-order valence-corrected chi connectivity index (χ3v) is 5.45. The van der Waals surface area contributed by atoms with Gasteiger partial charge in [0.15, 0.2) is 0 Å². The molecule has 1 atom stereocenters. The standard InChI is InChI=1S/C15H20Br2N2/c16-10-12-3-4-13(17)9-15(12)19-8-5-14(11-19)18-6-1-2-7-18/h3-4,9,14H,1-2,5-8,10-11H2. The Balaban J connectivity index is 1.75. The lowest BCUT2D eigenvalue weighted by Gasteiger charge is -2.25. The molecule has 2 aliphatic heterocycles. The SMILES string of the molecule is BrCc1ccc(Br)cc1N1CCC(N2CCCC2)C1. The topological polar surface area (TPSA) is 6.48 Å². The molecule has 0 bridgehead atoms. The maximum atomic E-state index is 3.61. The first-order valence-electron chi connectivity index (χ1n) is 7.11. The van der Waals surface area contributed by atoms with Crippen molar-refractivity contribution in [1.29, 1.82) is 0 Å². The number of rotatable bonds is 3. The molecule has 0 amide bonds. The van der Waals surface area contributed by atoms with Crippen LogP contribution in [0.4, 0.5) is 5.69 Å². The third-order valence-electron chi connectivity index (χ3n) is 4.35. The summed E-state index contributed by atoms with van der Waals surface area (Å²) in [6.07, 6.45) is 4.09. The molecule has 19 heavy (non-hydrogen) atoms. The predicted octanol–water partition coefficient (Wildman–Crippen LogP) is 4.02. The molecule has 0 radical (unpaired) electrons. The van der Waals surface area contributed by atoms with Gasteiger partial charge in [-0.05, 0) is 50.0 Å². The van der Waals surface area contributed by atoms with E-state index in [2.05, 4.69) is 59.9 Å². The molecular formula is C15H20Br2N2. The van der Waals surface area contributed by atoms with E-state index in [1.807, 2.05) is 0 Å². The number of hydrogen-bond donors (Lipinski definition) is 0. The summed E-state index contributed by atoms with van der Waals surface area (Å²) in [6.45, 7) is 5.00. The maximum Gasteiger partial charge on any atom is 0.0419 e. The minimum atomic E-state index is 0.768. The van der Waals surface area contributed by atoms with Crippen LogP contribution >= 0.6 is 31.9 Å². The summed E-state index contributed by atoms with van der Waals surface area (Å²) in [7, 11) is 0. The van der Waals surface area contributed by atoms with Crippen LogP contribution in [0.1, 0.15) is 24.8 Å². The first kappa shape index (κ1) is 13.9. The molecular weight excluding hydrogens is 368 g/mol. The van der Waals surface area contributed by atoms with E-state index in [1.54, 1.807) is 0 Å². The average molecular weight is 388 g/mol. The molecule has 2 nitrogen and oxygen atoms in total. The Labute approximate surface area is 132 Å². The molecule has 3 rings (SSSR count). The molecule has 1 aromatic carbocycles. The highest BCUT2D eigenvalue weighted by atomic mass is 79.9. The van der Waals surface area contributed by atoms with Gasteiger partial charge in [-0.1, -0.05) is 37.9 Å². The lowest BCUT2D eigenvalue weighted by Crippen LogP contribution is -2.35. The lowest BCUT2D eigenvalue weighted by atomic mass is 10.2. The van der Waals surface area contributed by atoms with Gasteiger partial charge >= 0.3 is 0 Å². The van der Waals surface area contributed by atoms with Gasteiger partial charge < -0.3 is 4.90 Å². The highest BCUT2D eigenvalue weighted by Gasteiger charge is 2.30. The van der Waals surface area contributed by atoms with Crippen LogP contribution in [-0.2, 0) is 5.33 Å². The summed E-state index contributed by atoms with van der Waals surface area (Å²) in [6, 6.07) is 7.39. The molecule has 104 valence electrons. The maximum absolute atomic E-state index is 3.61. The van der Waals surface area contributed by atoms with Gasteiger partial charge in [0.1, 0.15) is 0 Å². The van der Waals surface area contributed by atoms with Crippen LogP contribution < -0.4 is 4.90 Å². The zero-order valence-electron chi connectivity index (χ0n) is 11.1. The van der Waals surface area contributed by atoms with Gasteiger partial charge in [0.25, 0.3) is 0 Å². The number of benzene rings is 1. The Hall–Kier alpha value is -0.0600. The largest absolute Gasteiger partial charge is 0.370 e. The van der Waals surface area contributed by atoms with Crippen molar-refractivity contribution in [3.05, 3.63) is 28.2 Å². The minimum Gasteiger partial charge on any atom is -0.370 e. The first-order valence-corrected chi connectivity index (χ1v) is 9.03. The van der Waals surface area contributed by atoms with E-state index in [1.165, 1.54) is 61.2 Å². The number of anilines is 1. The molecule has 1 aromatic rings. The van der Waals surface area contributed by atoms with E-state index in [0.717, 1.165) is 11.4 Å². The smallest absolute Gasteiger partial charge is 0.0419 e. The van der Waals surface area contributed by atoms with Gasteiger partial charge in [-0.3, -0.25) is 4.90 Å². The van der Waals surface area contributed by atoms with E-state index in [0.29, 0.717) is 0 Å². The van der Waals surface area contributed by atoms with Crippen LogP contribution in [-0.4, -0.2) is 37.1 Å². The van der Waals surface area contributed by atoms with Gasteiger partial charge in [0.05, 0.1) is 0 Å². The third kappa shape index (κ3) is 3.01. The highest BCUT2D eigenvalue weighted by Crippen LogP contribution is 2.31. The monoisotopic (exact) mass is 386 g/mol. The molecule has 0 aliphatic carbocycles. The molecule has 0 saturated carbocycles. The molecule has 2 aliphatic rings. The van der Waals surface area contributed by atoms with Crippen molar-refractivity contribution in [1.82, 2.24) is 4.90 Å². The van der Waals surface area contributed by atoms with Crippen molar-refractivity contribution in [3.8, 4) is 0 Å². The zero-order valence-corrected chi connectivity index (χ0v) is 14.3. The quantitative estimate of drug-likeness (QED) is 0.722. The van der Waals surface area contributed by atoms with E-state index in [4.69, 9.17) is 0 Å².